The summed E-state index contributed by atoms with van der Waals surface area (Å²) in [6.07, 6.45) is 3.36. The monoisotopic (exact) mass is 253 g/mol. The Labute approximate surface area is 104 Å². The number of methoxy groups -OCH3 is 2. The fourth-order valence-electron chi connectivity index (χ4n) is 1.17. The fraction of sp³-hybridized carbons (Fsp3) is 0.455. The zero-order valence-corrected chi connectivity index (χ0v) is 10.7. The Morgan fingerprint density at radius 3 is 2.33 bits per heavy atom. The second-order valence-corrected chi connectivity index (χ2v) is 3.80. The molecular weight excluding hydrogens is 238 g/mol. The Balaban J connectivity index is 3.23. The van der Waals surface area contributed by atoms with Crippen molar-refractivity contribution in [3.63, 3.8) is 0 Å². The fourth-order valence-corrected chi connectivity index (χ4v) is 1.17. The molecule has 1 rings (SSSR count). The van der Waals surface area contributed by atoms with E-state index >= 15 is 0 Å². The molecule has 0 saturated carbocycles. The predicted molar refractivity (Wildman–Crippen MR) is 62.9 cm³/mol. The first-order chi connectivity index (χ1) is 8.51. The summed E-state index contributed by atoms with van der Waals surface area (Å²) in [6, 6.07) is 0. The van der Waals surface area contributed by atoms with Crippen molar-refractivity contribution in [3.8, 4) is 0 Å². The molecule has 0 spiro atoms. The van der Waals surface area contributed by atoms with Crippen molar-refractivity contribution in [1.29, 1.82) is 0 Å². The number of allylic oxidation sites excluding steroid dienone is 1. The quantitative estimate of drug-likeness (QED) is 0.744. The molecule has 0 aliphatic rings. The van der Waals surface area contributed by atoms with Gasteiger partial charge in [0.15, 0.2) is 5.69 Å². The summed E-state index contributed by atoms with van der Waals surface area (Å²) in [6.45, 7) is 3.93. The van der Waals surface area contributed by atoms with Crippen LogP contribution in [0.2, 0.25) is 0 Å². The third-order valence-electron chi connectivity index (χ3n) is 2.06. The lowest BCUT2D eigenvalue weighted by atomic mass is 10.2. The van der Waals surface area contributed by atoms with Gasteiger partial charge in [-0.3, -0.25) is 0 Å². The van der Waals surface area contributed by atoms with Gasteiger partial charge in [0.05, 0.1) is 14.2 Å². The summed E-state index contributed by atoms with van der Waals surface area (Å²) in [5, 5.41) is 7.32. The highest BCUT2D eigenvalue weighted by molar-refractivity contribution is 6.00. The molecule has 0 amide bonds. The zero-order chi connectivity index (χ0) is 13.7. The molecule has 7 nitrogen and oxygen atoms in total. The third-order valence-corrected chi connectivity index (χ3v) is 2.06. The second-order valence-electron chi connectivity index (χ2n) is 3.80. The molecule has 1 aromatic rings. The van der Waals surface area contributed by atoms with Crippen molar-refractivity contribution in [3.05, 3.63) is 17.5 Å². The average molecular weight is 253 g/mol. The van der Waals surface area contributed by atoms with Crippen molar-refractivity contribution in [2.75, 3.05) is 14.2 Å². The average Bonchev–Trinajstić information content (AvgIpc) is 2.78. The van der Waals surface area contributed by atoms with Crippen molar-refractivity contribution >= 4 is 18.1 Å². The van der Waals surface area contributed by atoms with E-state index in [1.807, 2.05) is 19.9 Å². The SMILES string of the molecule is COC(=O)c1nnn(/C=C\C(C)C)c1C(=O)OC. The molecule has 0 N–H and O–H groups in total. The first-order valence-corrected chi connectivity index (χ1v) is 5.31. The van der Waals surface area contributed by atoms with Gasteiger partial charge in [0, 0.05) is 6.20 Å². The molecule has 0 bridgehead atoms. The smallest absolute Gasteiger partial charge is 0.361 e. The van der Waals surface area contributed by atoms with Crippen molar-refractivity contribution in [2.45, 2.75) is 13.8 Å². The molecule has 1 aromatic heterocycles. The molecule has 0 radical (unpaired) electrons. The Kier molecular flexibility index (Phi) is 4.59. The zero-order valence-electron chi connectivity index (χ0n) is 10.7. The number of esters is 2. The van der Waals surface area contributed by atoms with Gasteiger partial charge in [0.25, 0.3) is 0 Å². The van der Waals surface area contributed by atoms with Crippen LogP contribution >= 0.6 is 0 Å². The van der Waals surface area contributed by atoms with Crippen LogP contribution in [-0.2, 0) is 9.47 Å². The normalized spacial score (nSPS) is 10.9. The molecule has 98 valence electrons. The van der Waals surface area contributed by atoms with E-state index in [4.69, 9.17) is 0 Å². The van der Waals surface area contributed by atoms with Gasteiger partial charge in [-0.1, -0.05) is 25.1 Å². The van der Waals surface area contributed by atoms with Crippen LogP contribution in [0.1, 0.15) is 34.8 Å². The van der Waals surface area contributed by atoms with Gasteiger partial charge in [0.2, 0.25) is 5.69 Å². The van der Waals surface area contributed by atoms with Crippen molar-refractivity contribution in [2.24, 2.45) is 5.92 Å². The third kappa shape index (κ3) is 2.93. The predicted octanol–water partition coefficient (Wildman–Crippen LogP) is 0.978. The minimum Gasteiger partial charge on any atom is -0.464 e. The molecule has 0 aromatic carbocycles. The van der Waals surface area contributed by atoms with E-state index in [0.29, 0.717) is 0 Å². The van der Waals surface area contributed by atoms with Gasteiger partial charge in [0.1, 0.15) is 0 Å². The Hall–Kier alpha value is -2.18. The number of carbonyl (C=O) groups excluding carboxylic acids is 2. The molecule has 0 saturated heterocycles. The van der Waals surface area contributed by atoms with E-state index in [1.54, 1.807) is 6.20 Å². The second kappa shape index (κ2) is 5.95. The van der Waals surface area contributed by atoms with Gasteiger partial charge >= 0.3 is 11.9 Å². The number of aromatic nitrogens is 3. The number of hydrogen-bond donors (Lipinski definition) is 0. The first kappa shape index (κ1) is 13.9. The van der Waals surface area contributed by atoms with Crippen LogP contribution in [0, 0.1) is 5.92 Å². The lowest BCUT2D eigenvalue weighted by Crippen LogP contribution is -2.14. The maximum Gasteiger partial charge on any atom is 0.361 e. The molecule has 0 unspecified atom stereocenters. The Bertz CT molecular complexity index is 477. The van der Waals surface area contributed by atoms with Crippen LogP contribution in [0.15, 0.2) is 6.08 Å². The molecule has 18 heavy (non-hydrogen) atoms. The standard InChI is InChI=1S/C11H15N3O4/c1-7(2)5-6-14-9(11(16)18-4)8(12-13-14)10(15)17-3/h5-7H,1-4H3/b6-5-. The summed E-state index contributed by atoms with van der Waals surface area (Å²) in [5.74, 6) is -1.17. The summed E-state index contributed by atoms with van der Waals surface area (Å²) in [4.78, 5) is 23.1. The van der Waals surface area contributed by atoms with E-state index in [0.717, 1.165) is 0 Å². The minimum atomic E-state index is -0.736. The number of carbonyl (C=O) groups is 2. The highest BCUT2D eigenvalue weighted by atomic mass is 16.5. The van der Waals surface area contributed by atoms with E-state index in [-0.39, 0.29) is 17.3 Å². The van der Waals surface area contributed by atoms with Crippen LogP contribution < -0.4 is 0 Å². The molecule has 1 heterocycles. The lowest BCUT2D eigenvalue weighted by molar-refractivity contribution is 0.0546. The van der Waals surface area contributed by atoms with Gasteiger partial charge in [-0.2, -0.15) is 0 Å². The van der Waals surface area contributed by atoms with E-state index in [9.17, 15) is 9.59 Å². The maximum atomic E-state index is 11.6. The van der Waals surface area contributed by atoms with Crippen LogP contribution in [0.25, 0.3) is 6.20 Å². The summed E-state index contributed by atoms with van der Waals surface area (Å²) in [7, 11) is 2.42. The Morgan fingerprint density at radius 2 is 1.83 bits per heavy atom. The van der Waals surface area contributed by atoms with Crippen molar-refractivity contribution < 1.29 is 19.1 Å². The highest BCUT2D eigenvalue weighted by Crippen LogP contribution is 2.10. The van der Waals surface area contributed by atoms with E-state index < -0.39 is 11.9 Å². The Morgan fingerprint density at radius 1 is 1.22 bits per heavy atom. The van der Waals surface area contributed by atoms with Crippen LogP contribution in [-0.4, -0.2) is 41.2 Å². The first-order valence-electron chi connectivity index (χ1n) is 5.31. The summed E-state index contributed by atoms with van der Waals surface area (Å²) < 4.78 is 10.3. The molecule has 7 heteroatoms. The lowest BCUT2D eigenvalue weighted by Gasteiger charge is -2.02. The van der Waals surface area contributed by atoms with Gasteiger partial charge < -0.3 is 9.47 Å². The summed E-state index contributed by atoms with van der Waals surface area (Å²) >= 11 is 0. The van der Waals surface area contributed by atoms with Crippen LogP contribution in [0.4, 0.5) is 0 Å². The molecular formula is C11H15N3O4. The highest BCUT2D eigenvalue weighted by Gasteiger charge is 2.26. The molecule has 0 atom stereocenters. The van der Waals surface area contributed by atoms with Crippen LogP contribution in [0.3, 0.4) is 0 Å². The van der Waals surface area contributed by atoms with E-state index in [1.165, 1.54) is 18.9 Å². The van der Waals surface area contributed by atoms with Gasteiger partial charge in [-0.05, 0) is 5.92 Å². The molecule has 0 aliphatic carbocycles. The largest absolute Gasteiger partial charge is 0.464 e. The van der Waals surface area contributed by atoms with Crippen molar-refractivity contribution in [1.82, 2.24) is 15.0 Å². The number of rotatable bonds is 4. The van der Waals surface area contributed by atoms with E-state index in [2.05, 4.69) is 19.8 Å². The number of hydrogen-bond acceptors (Lipinski definition) is 6. The maximum absolute atomic E-state index is 11.6. The van der Waals surface area contributed by atoms with Crippen LogP contribution in [0.5, 0.6) is 0 Å². The minimum absolute atomic E-state index is 0.0544. The number of ether oxygens (including phenoxy) is 2. The van der Waals surface area contributed by atoms with Gasteiger partial charge in [-0.15, -0.1) is 5.10 Å². The summed E-state index contributed by atoms with van der Waals surface area (Å²) in [5.41, 5.74) is -0.223. The molecule has 0 fully saturated rings. The van der Waals surface area contributed by atoms with Gasteiger partial charge in [-0.25, -0.2) is 14.3 Å². The topological polar surface area (TPSA) is 83.3 Å². The molecule has 0 aliphatic heterocycles. The number of nitrogens with zero attached hydrogens (tertiary/aromatic N) is 3.